The Morgan fingerprint density at radius 1 is 1.03 bits per heavy atom. The Kier molecular flexibility index (Phi) is 4.94. The molecule has 1 N–H and O–H groups in total. The lowest BCUT2D eigenvalue weighted by Gasteiger charge is -2.16. The van der Waals surface area contributed by atoms with Crippen molar-refractivity contribution in [3.8, 4) is 34.3 Å². The van der Waals surface area contributed by atoms with E-state index in [1.807, 2.05) is 63.4 Å². The molecule has 7 heteroatoms. The molecular formula is C27H24N6O. The highest BCUT2D eigenvalue weighted by atomic mass is 16.1. The molecule has 0 aliphatic carbocycles. The molecule has 34 heavy (non-hydrogen) atoms. The van der Waals surface area contributed by atoms with Crippen LogP contribution < -0.4 is 5.69 Å². The van der Waals surface area contributed by atoms with E-state index in [0.29, 0.717) is 11.4 Å². The van der Waals surface area contributed by atoms with E-state index in [1.54, 1.807) is 28.6 Å². The lowest BCUT2D eigenvalue weighted by atomic mass is 9.86. The number of aromatic nitrogens is 5. The van der Waals surface area contributed by atoms with E-state index in [1.165, 1.54) is 0 Å². The average Bonchev–Trinajstić information content (AvgIpc) is 3.36. The van der Waals surface area contributed by atoms with Crippen molar-refractivity contribution in [1.82, 2.24) is 24.1 Å². The van der Waals surface area contributed by atoms with E-state index in [4.69, 9.17) is 0 Å². The number of imidazole rings is 1. The average molecular weight is 449 g/mol. The van der Waals surface area contributed by atoms with Gasteiger partial charge in [-0.05, 0) is 68.3 Å². The molecule has 5 aromatic rings. The number of H-pyrrole nitrogens is 1. The van der Waals surface area contributed by atoms with Crippen LogP contribution in [-0.2, 0) is 12.5 Å². The van der Waals surface area contributed by atoms with Crippen molar-refractivity contribution in [3.63, 3.8) is 0 Å². The molecule has 4 aromatic heterocycles. The second-order valence-corrected chi connectivity index (χ2v) is 9.07. The molecular weight excluding hydrogens is 424 g/mol. The van der Waals surface area contributed by atoms with Crippen LogP contribution in [0, 0.1) is 18.3 Å². The van der Waals surface area contributed by atoms with Crippen molar-refractivity contribution in [2.45, 2.75) is 26.2 Å². The number of rotatable bonds is 4. The van der Waals surface area contributed by atoms with Gasteiger partial charge in [-0.1, -0.05) is 12.1 Å². The van der Waals surface area contributed by atoms with E-state index in [-0.39, 0.29) is 5.69 Å². The fourth-order valence-electron chi connectivity index (χ4n) is 4.14. The predicted molar refractivity (Wildman–Crippen MR) is 133 cm³/mol. The van der Waals surface area contributed by atoms with Crippen LogP contribution in [0.4, 0.5) is 0 Å². The van der Waals surface area contributed by atoms with Gasteiger partial charge in [0.15, 0.2) is 0 Å². The maximum Gasteiger partial charge on any atom is 0.333 e. The number of nitrogens with zero attached hydrogens (tertiary/aromatic N) is 5. The molecule has 5 rings (SSSR count). The van der Waals surface area contributed by atoms with E-state index >= 15 is 0 Å². The van der Waals surface area contributed by atoms with Gasteiger partial charge in [-0.15, -0.1) is 0 Å². The maximum absolute atomic E-state index is 13.0. The molecule has 1 aromatic carbocycles. The molecule has 7 nitrogen and oxygen atoms in total. The SMILES string of the molecule is Cc1cc2cc(-c3ccnc(-c4cn(C)c(=O)n4-c4ccc(C(C)(C)C#N)cc4)c3)cnc2[nH]1. The van der Waals surface area contributed by atoms with Gasteiger partial charge in [-0.2, -0.15) is 5.26 Å². The van der Waals surface area contributed by atoms with E-state index < -0.39 is 5.41 Å². The van der Waals surface area contributed by atoms with Crippen LogP contribution in [0.2, 0.25) is 0 Å². The van der Waals surface area contributed by atoms with Crippen LogP contribution in [0.15, 0.2) is 71.9 Å². The Bertz CT molecular complexity index is 1630. The standard InChI is InChI=1S/C27H24N6O/c1-17-11-19-12-20(14-30-25(19)31-17)18-9-10-29-23(13-18)24-15-32(4)26(34)33(24)22-7-5-21(6-8-22)27(2,3)16-28/h5-15H,1-4H3,(H,30,31). The first-order chi connectivity index (χ1) is 16.3. The van der Waals surface area contributed by atoms with Gasteiger partial charge in [0, 0.05) is 42.3 Å². The molecule has 0 aliphatic rings. The summed E-state index contributed by atoms with van der Waals surface area (Å²) in [6.45, 7) is 5.76. The third-order valence-corrected chi connectivity index (χ3v) is 6.14. The summed E-state index contributed by atoms with van der Waals surface area (Å²) in [5.74, 6) is 0. The first kappa shape index (κ1) is 21.4. The molecule has 0 aliphatic heterocycles. The summed E-state index contributed by atoms with van der Waals surface area (Å²) < 4.78 is 3.19. The van der Waals surface area contributed by atoms with Crippen LogP contribution in [-0.4, -0.2) is 24.1 Å². The van der Waals surface area contributed by atoms with Crippen LogP contribution in [0.5, 0.6) is 0 Å². The number of benzene rings is 1. The molecule has 0 spiro atoms. The van der Waals surface area contributed by atoms with E-state index in [0.717, 1.165) is 39.1 Å². The second-order valence-electron chi connectivity index (χ2n) is 9.07. The van der Waals surface area contributed by atoms with Crippen molar-refractivity contribution >= 4 is 11.0 Å². The smallest absolute Gasteiger partial charge is 0.333 e. The number of nitrogens with one attached hydrogen (secondary N) is 1. The number of aryl methyl sites for hydroxylation is 2. The molecule has 4 heterocycles. The zero-order chi connectivity index (χ0) is 24.0. The number of fused-ring (bicyclic) bond motifs is 1. The zero-order valence-electron chi connectivity index (χ0n) is 19.5. The number of nitriles is 1. The monoisotopic (exact) mass is 448 g/mol. The second kappa shape index (κ2) is 7.85. The van der Waals surface area contributed by atoms with Crippen LogP contribution >= 0.6 is 0 Å². The number of pyridine rings is 2. The fourth-order valence-corrected chi connectivity index (χ4v) is 4.14. The summed E-state index contributed by atoms with van der Waals surface area (Å²) in [5.41, 5.74) is 6.07. The van der Waals surface area contributed by atoms with Gasteiger partial charge in [-0.3, -0.25) is 9.55 Å². The van der Waals surface area contributed by atoms with Crippen molar-refractivity contribution in [1.29, 1.82) is 5.26 Å². The first-order valence-electron chi connectivity index (χ1n) is 11.0. The summed E-state index contributed by atoms with van der Waals surface area (Å²) >= 11 is 0. The number of aromatic amines is 1. The minimum Gasteiger partial charge on any atom is -0.344 e. The number of hydrogen-bond donors (Lipinski definition) is 1. The normalized spacial score (nSPS) is 11.6. The third kappa shape index (κ3) is 3.59. The highest BCUT2D eigenvalue weighted by molar-refractivity contribution is 5.82. The minimum atomic E-state index is -0.605. The van der Waals surface area contributed by atoms with Gasteiger partial charge in [0.25, 0.3) is 0 Å². The van der Waals surface area contributed by atoms with Gasteiger partial charge >= 0.3 is 5.69 Å². The largest absolute Gasteiger partial charge is 0.344 e. The lowest BCUT2D eigenvalue weighted by Crippen LogP contribution is -2.21. The zero-order valence-corrected chi connectivity index (χ0v) is 19.5. The highest BCUT2D eigenvalue weighted by Gasteiger charge is 2.20. The Balaban J connectivity index is 1.60. The predicted octanol–water partition coefficient (Wildman–Crippen LogP) is 4.89. The summed E-state index contributed by atoms with van der Waals surface area (Å²) in [4.78, 5) is 25.4. The highest BCUT2D eigenvalue weighted by Crippen LogP contribution is 2.28. The number of hydrogen-bond acceptors (Lipinski definition) is 4. The van der Waals surface area contributed by atoms with Crippen molar-refractivity contribution in [2.75, 3.05) is 0 Å². The molecule has 0 atom stereocenters. The molecule has 168 valence electrons. The Hall–Kier alpha value is -4.44. The lowest BCUT2D eigenvalue weighted by molar-refractivity contribution is 0.686. The van der Waals surface area contributed by atoms with Crippen LogP contribution in [0.1, 0.15) is 25.1 Å². The van der Waals surface area contributed by atoms with Crippen molar-refractivity contribution in [2.24, 2.45) is 7.05 Å². The quantitative estimate of drug-likeness (QED) is 0.424. The summed E-state index contributed by atoms with van der Waals surface area (Å²) in [6, 6.07) is 17.9. The van der Waals surface area contributed by atoms with Crippen LogP contribution in [0.3, 0.4) is 0 Å². The molecule has 0 radical (unpaired) electrons. The van der Waals surface area contributed by atoms with Gasteiger partial charge in [0.2, 0.25) is 0 Å². The van der Waals surface area contributed by atoms with Crippen molar-refractivity contribution in [3.05, 3.63) is 88.9 Å². The van der Waals surface area contributed by atoms with Gasteiger partial charge < -0.3 is 9.55 Å². The third-order valence-electron chi connectivity index (χ3n) is 6.14. The van der Waals surface area contributed by atoms with E-state index in [2.05, 4.69) is 33.2 Å². The topological polar surface area (TPSA) is 92.3 Å². The summed E-state index contributed by atoms with van der Waals surface area (Å²) in [7, 11) is 1.73. The van der Waals surface area contributed by atoms with Crippen molar-refractivity contribution < 1.29 is 0 Å². The van der Waals surface area contributed by atoms with Gasteiger partial charge in [0.05, 0.1) is 28.6 Å². The minimum absolute atomic E-state index is 0.166. The van der Waals surface area contributed by atoms with E-state index in [9.17, 15) is 10.1 Å². The molecule has 0 unspecified atom stereocenters. The van der Waals surface area contributed by atoms with Gasteiger partial charge in [0.1, 0.15) is 5.65 Å². The first-order valence-corrected chi connectivity index (χ1v) is 11.0. The molecule has 0 amide bonds. The molecule has 0 saturated heterocycles. The van der Waals surface area contributed by atoms with Gasteiger partial charge in [-0.25, -0.2) is 9.78 Å². The molecule has 0 bridgehead atoms. The molecule has 0 saturated carbocycles. The Morgan fingerprint density at radius 2 is 1.79 bits per heavy atom. The van der Waals surface area contributed by atoms with Crippen LogP contribution in [0.25, 0.3) is 39.2 Å². The Labute approximate surface area is 197 Å². The fraction of sp³-hybridized carbons (Fsp3) is 0.185. The Morgan fingerprint density at radius 3 is 2.53 bits per heavy atom. The summed E-state index contributed by atoms with van der Waals surface area (Å²) in [5, 5.41) is 10.5. The maximum atomic E-state index is 13.0. The molecule has 0 fully saturated rings. The summed E-state index contributed by atoms with van der Waals surface area (Å²) in [6.07, 6.45) is 5.38.